The molecule has 122 valence electrons. The molecule has 5 nitrogen and oxygen atoms in total. The summed E-state index contributed by atoms with van der Waals surface area (Å²) in [6.45, 7) is 3.17. The maximum Gasteiger partial charge on any atom is 0.315 e. The SMILES string of the molecule is Cc1ccc(OCCCNC(=O)NC2(CO)CCCC2)cc1. The molecule has 1 aliphatic carbocycles. The van der Waals surface area contributed by atoms with Crippen molar-refractivity contribution in [1.82, 2.24) is 10.6 Å². The van der Waals surface area contributed by atoms with Crippen molar-refractivity contribution in [3.63, 3.8) is 0 Å². The zero-order valence-corrected chi connectivity index (χ0v) is 13.2. The number of hydrogen-bond donors (Lipinski definition) is 3. The fourth-order valence-corrected chi connectivity index (χ4v) is 2.76. The first kappa shape index (κ1) is 16.6. The van der Waals surface area contributed by atoms with Crippen LogP contribution in [0.5, 0.6) is 5.75 Å². The van der Waals surface area contributed by atoms with E-state index < -0.39 is 5.54 Å². The Balaban J connectivity index is 1.60. The number of aliphatic hydroxyl groups is 1. The fourth-order valence-electron chi connectivity index (χ4n) is 2.76. The van der Waals surface area contributed by atoms with Crippen LogP contribution in [0.25, 0.3) is 0 Å². The van der Waals surface area contributed by atoms with Crippen LogP contribution < -0.4 is 15.4 Å². The number of nitrogens with one attached hydrogen (secondary N) is 2. The molecule has 0 atom stereocenters. The van der Waals surface area contributed by atoms with Crippen LogP contribution in [0.2, 0.25) is 0 Å². The lowest BCUT2D eigenvalue weighted by Gasteiger charge is -2.27. The lowest BCUT2D eigenvalue weighted by atomic mass is 9.99. The molecular weight excluding hydrogens is 280 g/mol. The number of hydrogen-bond acceptors (Lipinski definition) is 3. The molecule has 0 aromatic heterocycles. The molecule has 5 heteroatoms. The van der Waals surface area contributed by atoms with Gasteiger partial charge in [-0.05, 0) is 38.3 Å². The van der Waals surface area contributed by atoms with E-state index in [1.165, 1.54) is 5.56 Å². The molecule has 2 rings (SSSR count). The van der Waals surface area contributed by atoms with Gasteiger partial charge in [0.1, 0.15) is 5.75 Å². The Morgan fingerprint density at radius 2 is 1.95 bits per heavy atom. The third kappa shape index (κ3) is 4.91. The maximum atomic E-state index is 11.9. The summed E-state index contributed by atoms with van der Waals surface area (Å²) in [5, 5.41) is 15.2. The number of ether oxygens (including phenoxy) is 1. The van der Waals surface area contributed by atoms with Crippen molar-refractivity contribution in [2.75, 3.05) is 19.8 Å². The first-order valence-corrected chi connectivity index (χ1v) is 8.00. The minimum Gasteiger partial charge on any atom is -0.494 e. The summed E-state index contributed by atoms with van der Waals surface area (Å²) in [4.78, 5) is 11.9. The quantitative estimate of drug-likeness (QED) is 0.677. The molecule has 1 aromatic rings. The largest absolute Gasteiger partial charge is 0.494 e. The van der Waals surface area contributed by atoms with Gasteiger partial charge in [0.15, 0.2) is 0 Å². The van der Waals surface area contributed by atoms with Crippen molar-refractivity contribution >= 4 is 6.03 Å². The standard InChI is InChI=1S/C17H26N2O3/c1-14-5-7-15(8-6-14)22-12-4-11-18-16(21)19-17(13-20)9-2-3-10-17/h5-8,20H,2-4,9-13H2,1H3,(H2,18,19,21). The van der Waals surface area contributed by atoms with E-state index in [4.69, 9.17) is 4.74 Å². The number of aryl methyl sites for hydroxylation is 1. The van der Waals surface area contributed by atoms with E-state index in [1.807, 2.05) is 31.2 Å². The number of amides is 2. The van der Waals surface area contributed by atoms with Gasteiger partial charge in [-0.1, -0.05) is 30.5 Å². The van der Waals surface area contributed by atoms with Crippen LogP contribution in [-0.4, -0.2) is 36.4 Å². The Morgan fingerprint density at radius 1 is 1.27 bits per heavy atom. The van der Waals surface area contributed by atoms with Gasteiger partial charge in [0.05, 0.1) is 18.8 Å². The highest BCUT2D eigenvalue weighted by Gasteiger charge is 2.34. The van der Waals surface area contributed by atoms with Crippen LogP contribution >= 0.6 is 0 Å². The van der Waals surface area contributed by atoms with E-state index in [1.54, 1.807) is 0 Å². The second-order valence-electron chi connectivity index (χ2n) is 6.04. The summed E-state index contributed by atoms with van der Waals surface area (Å²) >= 11 is 0. The zero-order chi connectivity index (χ0) is 15.8. The van der Waals surface area contributed by atoms with Gasteiger partial charge in [-0.2, -0.15) is 0 Å². The van der Waals surface area contributed by atoms with E-state index in [0.29, 0.717) is 13.2 Å². The Morgan fingerprint density at radius 3 is 2.59 bits per heavy atom. The van der Waals surface area contributed by atoms with Gasteiger partial charge in [-0.25, -0.2) is 4.79 Å². The Labute approximate surface area is 132 Å². The average molecular weight is 306 g/mol. The molecule has 0 spiro atoms. The van der Waals surface area contributed by atoms with E-state index in [2.05, 4.69) is 10.6 Å². The molecule has 1 aromatic carbocycles. The Hall–Kier alpha value is -1.75. The summed E-state index contributed by atoms with van der Waals surface area (Å²) < 4.78 is 5.61. The van der Waals surface area contributed by atoms with Crippen molar-refractivity contribution in [1.29, 1.82) is 0 Å². The first-order valence-electron chi connectivity index (χ1n) is 8.00. The number of carbonyl (C=O) groups excluding carboxylic acids is 1. The number of carbonyl (C=O) groups is 1. The highest BCUT2D eigenvalue weighted by Crippen LogP contribution is 2.28. The zero-order valence-electron chi connectivity index (χ0n) is 13.2. The molecule has 0 bridgehead atoms. The highest BCUT2D eigenvalue weighted by molar-refractivity contribution is 5.74. The van der Waals surface area contributed by atoms with Gasteiger partial charge in [-0.15, -0.1) is 0 Å². The Bertz CT molecular complexity index is 467. The van der Waals surface area contributed by atoms with Gasteiger partial charge in [0.25, 0.3) is 0 Å². The molecule has 0 unspecified atom stereocenters. The van der Waals surface area contributed by atoms with Gasteiger partial charge < -0.3 is 20.5 Å². The predicted molar refractivity (Wildman–Crippen MR) is 86.1 cm³/mol. The Kier molecular flexibility index (Phi) is 6.07. The fraction of sp³-hybridized carbons (Fsp3) is 0.588. The normalized spacial score (nSPS) is 16.3. The van der Waals surface area contributed by atoms with E-state index >= 15 is 0 Å². The van der Waals surface area contributed by atoms with E-state index in [0.717, 1.165) is 37.9 Å². The van der Waals surface area contributed by atoms with Crippen LogP contribution in [0.4, 0.5) is 4.79 Å². The van der Waals surface area contributed by atoms with Crippen molar-refractivity contribution in [3.05, 3.63) is 29.8 Å². The van der Waals surface area contributed by atoms with Crippen molar-refractivity contribution < 1.29 is 14.6 Å². The predicted octanol–water partition coefficient (Wildman–Crippen LogP) is 2.37. The highest BCUT2D eigenvalue weighted by atomic mass is 16.5. The second-order valence-corrected chi connectivity index (χ2v) is 6.04. The summed E-state index contributed by atoms with van der Waals surface area (Å²) in [7, 11) is 0. The molecule has 0 heterocycles. The van der Waals surface area contributed by atoms with Crippen molar-refractivity contribution in [2.45, 2.75) is 44.6 Å². The molecule has 0 aliphatic heterocycles. The molecule has 22 heavy (non-hydrogen) atoms. The molecule has 2 amide bonds. The molecule has 0 radical (unpaired) electrons. The minimum atomic E-state index is -0.414. The number of urea groups is 1. The van der Waals surface area contributed by atoms with Gasteiger partial charge in [-0.3, -0.25) is 0 Å². The summed E-state index contributed by atoms with van der Waals surface area (Å²) in [5.41, 5.74) is 0.790. The van der Waals surface area contributed by atoms with Crippen LogP contribution in [-0.2, 0) is 0 Å². The lowest BCUT2D eigenvalue weighted by molar-refractivity contribution is 0.162. The monoisotopic (exact) mass is 306 g/mol. The lowest BCUT2D eigenvalue weighted by Crippen LogP contribution is -2.53. The molecule has 1 fully saturated rings. The van der Waals surface area contributed by atoms with E-state index in [-0.39, 0.29) is 12.6 Å². The van der Waals surface area contributed by atoms with Crippen LogP contribution in [0, 0.1) is 6.92 Å². The smallest absolute Gasteiger partial charge is 0.315 e. The minimum absolute atomic E-state index is 0.0109. The third-order valence-electron chi connectivity index (χ3n) is 4.14. The summed E-state index contributed by atoms with van der Waals surface area (Å²) in [6, 6.07) is 7.71. The topological polar surface area (TPSA) is 70.6 Å². The summed E-state index contributed by atoms with van der Waals surface area (Å²) in [5.74, 6) is 0.847. The molecule has 1 saturated carbocycles. The number of benzene rings is 1. The summed E-state index contributed by atoms with van der Waals surface area (Å²) in [6.07, 6.45) is 4.57. The molecule has 1 aliphatic rings. The van der Waals surface area contributed by atoms with Gasteiger partial charge in [0, 0.05) is 6.54 Å². The third-order valence-corrected chi connectivity index (χ3v) is 4.14. The van der Waals surface area contributed by atoms with Crippen LogP contribution in [0.1, 0.15) is 37.7 Å². The maximum absolute atomic E-state index is 11.9. The van der Waals surface area contributed by atoms with Crippen LogP contribution in [0.3, 0.4) is 0 Å². The second kappa shape index (κ2) is 8.03. The van der Waals surface area contributed by atoms with Crippen molar-refractivity contribution in [3.8, 4) is 5.75 Å². The van der Waals surface area contributed by atoms with Gasteiger partial charge >= 0.3 is 6.03 Å². The molecule has 3 N–H and O–H groups in total. The number of rotatable bonds is 7. The van der Waals surface area contributed by atoms with Gasteiger partial charge in [0.2, 0.25) is 0 Å². The van der Waals surface area contributed by atoms with E-state index in [9.17, 15) is 9.90 Å². The van der Waals surface area contributed by atoms with Crippen LogP contribution in [0.15, 0.2) is 24.3 Å². The molecular formula is C17H26N2O3. The first-order chi connectivity index (χ1) is 10.6. The molecule has 0 saturated heterocycles. The average Bonchev–Trinajstić information content (AvgIpc) is 2.98. The van der Waals surface area contributed by atoms with Crippen molar-refractivity contribution in [2.24, 2.45) is 0 Å². The number of aliphatic hydroxyl groups excluding tert-OH is 1.